The number of nitrogens with zero attached hydrogens (tertiary/aromatic N) is 2. The molecule has 0 saturated heterocycles. The molecule has 1 aromatic heterocycles. The van der Waals surface area contributed by atoms with Crippen LogP contribution >= 0.6 is 22.9 Å². The first kappa shape index (κ1) is 30.3. The number of benzene rings is 3. The normalized spacial score (nSPS) is 14.7. The number of methoxy groups -OCH3 is 1. The van der Waals surface area contributed by atoms with Crippen molar-refractivity contribution < 1.29 is 23.4 Å². The fourth-order valence-electron chi connectivity index (χ4n) is 4.89. The lowest BCUT2D eigenvalue weighted by atomic mass is 9.93. The quantitative estimate of drug-likeness (QED) is 0.205. The van der Waals surface area contributed by atoms with Gasteiger partial charge in [-0.2, -0.15) is 0 Å². The Morgan fingerprint density at radius 2 is 1.84 bits per heavy atom. The molecular formula is C33H30ClFN2O5S. The van der Waals surface area contributed by atoms with Gasteiger partial charge in [-0.3, -0.25) is 9.36 Å². The predicted molar refractivity (Wildman–Crippen MR) is 165 cm³/mol. The van der Waals surface area contributed by atoms with Gasteiger partial charge >= 0.3 is 5.97 Å². The number of ether oxygens (including phenoxy) is 3. The molecule has 4 aromatic rings. The zero-order chi connectivity index (χ0) is 30.5. The lowest BCUT2D eigenvalue weighted by Gasteiger charge is -2.27. The zero-order valence-corrected chi connectivity index (χ0v) is 25.5. The zero-order valence-electron chi connectivity index (χ0n) is 23.9. The summed E-state index contributed by atoms with van der Waals surface area (Å²) in [5.74, 6) is 0.293. The van der Waals surface area contributed by atoms with Crippen molar-refractivity contribution >= 4 is 35.0 Å². The van der Waals surface area contributed by atoms with E-state index in [1.807, 2.05) is 31.2 Å². The van der Waals surface area contributed by atoms with Crippen molar-refractivity contribution in [3.63, 3.8) is 0 Å². The van der Waals surface area contributed by atoms with Crippen LogP contribution in [0.25, 0.3) is 6.08 Å². The van der Waals surface area contributed by atoms with Crippen molar-refractivity contribution in [2.45, 2.75) is 39.3 Å². The molecule has 0 saturated carbocycles. The van der Waals surface area contributed by atoms with Gasteiger partial charge in [0.2, 0.25) is 0 Å². The predicted octanol–water partition coefficient (Wildman–Crippen LogP) is 5.96. The van der Waals surface area contributed by atoms with E-state index in [-0.39, 0.29) is 18.0 Å². The van der Waals surface area contributed by atoms with Crippen LogP contribution in [0.2, 0.25) is 5.02 Å². The molecule has 10 heteroatoms. The van der Waals surface area contributed by atoms with Crippen molar-refractivity contribution in [3.05, 3.63) is 125 Å². The maximum Gasteiger partial charge on any atom is 0.338 e. The number of thiazole rings is 1. The summed E-state index contributed by atoms with van der Waals surface area (Å²) in [7, 11) is 1.53. The second-order valence-electron chi connectivity index (χ2n) is 9.78. The Morgan fingerprint density at radius 1 is 1.09 bits per heavy atom. The van der Waals surface area contributed by atoms with Crippen LogP contribution in [0.3, 0.4) is 0 Å². The van der Waals surface area contributed by atoms with Gasteiger partial charge in [-0.1, -0.05) is 60.5 Å². The lowest BCUT2D eigenvalue weighted by molar-refractivity contribution is -0.139. The Bertz CT molecular complexity index is 1850. The fourth-order valence-corrected chi connectivity index (χ4v) is 6.09. The Kier molecular flexibility index (Phi) is 9.43. The first-order valence-corrected chi connectivity index (χ1v) is 15.0. The van der Waals surface area contributed by atoms with Gasteiger partial charge < -0.3 is 14.2 Å². The Labute approximate surface area is 257 Å². The van der Waals surface area contributed by atoms with Gasteiger partial charge in [0.15, 0.2) is 4.80 Å². The van der Waals surface area contributed by atoms with Crippen LogP contribution in [0.1, 0.15) is 49.4 Å². The van der Waals surface area contributed by atoms with Crippen molar-refractivity contribution in [3.8, 4) is 11.5 Å². The van der Waals surface area contributed by atoms with Crippen LogP contribution < -0.4 is 24.4 Å². The molecular weight excluding hydrogens is 591 g/mol. The first-order chi connectivity index (χ1) is 20.8. The number of halogens is 2. The summed E-state index contributed by atoms with van der Waals surface area (Å²) in [4.78, 5) is 32.7. The highest BCUT2D eigenvalue weighted by atomic mass is 35.5. The average Bonchev–Trinajstić information content (AvgIpc) is 3.31. The van der Waals surface area contributed by atoms with Crippen LogP contribution in [-0.2, 0) is 16.1 Å². The van der Waals surface area contributed by atoms with Crippen LogP contribution in [0.15, 0.2) is 87.8 Å². The van der Waals surface area contributed by atoms with E-state index in [1.54, 1.807) is 43.3 Å². The molecule has 0 aliphatic carbocycles. The molecule has 5 rings (SSSR count). The summed E-state index contributed by atoms with van der Waals surface area (Å²) in [6, 6.07) is 17.7. The molecule has 0 spiro atoms. The molecule has 0 N–H and O–H groups in total. The molecule has 1 aliphatic heterocycles. The van der Waals surface area contributed by atoms with Gasteiger partial charge in [0.25, 0.3) is 5.56 Å². The molecule has 0 bridgehead atoms. The number of aromatic nitrogens is 1. The summed E-state index contributed by atoms with van der Waals surface area (Å²) < 4.78 is 32.1. The van der Waals surface area contributed by atoms with E-state index in [0.29, 0.717) is 55.7 Å². The van der Waals surface area contributed by atoms with E-state index in [2.05, 4.69) is 0 Å². The molecule has 7 nitrogen and oxygen atoms in total. The molecule has 0 amide bonds. The maximum atomic E-state index is 14.0. The minimum atomic E-state index is -0.838. The largest absolute Gasteiger partial charge is 0.496 e. The van der Waals surface area contributed by atoms with E-state index >= 15 is 0 Å². The molecule has 1 atom stereocenters. The molecule has 43 heavy (non-hydrogen) atoms. The van der Waals surface area contributed by atoms with Gasteiger partial charge in [0.1, 0.15) is 30.0 Å². The van der Waals surface area contributed by atoms with Gasteiger partial charge in [-0.15, -0.1) is 0 Å². The number of carbonyl (C=O) groups excluding carboxylic acids is 1. The molecule has 0 radical (unpaired) electrons. The Hall–Kier alpha value is -4.21. The second kappa shape index (κ2) is 13.4. The number of hydrogen-bond donors (Lipinski definition) is 0. The number of rotatable bonds is 10. The highest BCUT2D eigenvalue weighted by Gasteiger charge is 2.36. The monoisotopic (exact) mass is 620 g/mol. The Morgan fingerprint density at radius 3 is 2.51 bits per heavy atom. The van der Waals surface area contributed by atoms with Crippen molar-refractivity contribution in [1.29, 1.82) is 0 Å². The van der Waals surface area contributed by atoms with Gasteiger partial charge in [-0.05, 0) is 73.0 Å². The minimum absolute atomic E-state index is 0.176. The van der Waals surface area contributed by atoms with Gasteiger partial charge in [0.05, 0.1) is 29.5 Å². The van der Waals surface area contributed by atoms with Gasteiger partial charge in [0, 0.05) is 10.6 Å². The average molecular weight is 621 g/mol. The van der Waals surface area contributed by atoms with E-state index in [0.717, 1.165) is 17.5 Å². The third-order valence-electron chi connectivity index (χ3n) is 6.88. The summed E-state index contributed by atoms with van der Waals surface area (Å²) in [6.45, 7) is 4.22. The van der Waals surface area contributed by atoms with E-state index < -0.39 is 12.0 Å². The van der Waals surface area contributed by atoms with Gasteiger partial charge in [-0.25, -0.2) is 14.2 Å². The highest BCUT2D eigenvalue weighted by Crippen LogP contribution is 2.38. The number of hydrogen-bond acceptors (Lipinski definition) is 7. The lowest BCUT2D eigenvalue weighted by Crippen LogP contribution is -2.40. The summed E-state index contributed by atoms with van der Waals surface area (Å²) in [6.07, 6.45) is 3.05. The standard InChI is InChI=1S/C33H30ClFN2O5S/c1-4-6-26-29(32(39)41-5-2)30(25-18-22(34)11-16-27(25)40-3)37-31(38)28(43-33(37)36-26)17-20-9-14-24(15-10-20)42-19-21-7-12-23(35)13-8-21/h7-18,30H,4-6,19H2,1-3H3/b28-17+/t30-/m0/s1. The number of allylic oxidation sites excluding steroid dienone is 1. The first-order valence-electron chi connectivity index (χ1n) is 13.9. The maximum absolute atomic E-state index is 14.0. The summed E-state index contributed by atoms with van der Waals surface area (Å²) in [5.41, 5.74) is 2.77. The van der Waals surface area contributed by atoms with Crippen molar-refractivity contribution in [2.24, 2.45) is 4.99 Å². The van der Waals surface area contributed by atoms with Crippen molar-refractivity contribution in [2.75, 3.05) is 13.7 Å². The molecule has 2 heterocycles. The fraction of sp³-hybridized carbons (Fsp3) is 0.242. The number of carbonyl (C=O) groups is 1. The molecule has 0 fully saturated rings. The third-order valence-corrected chi connectivity index (χ3v) is 8.09. The molecule has 1 aliphatic rings. The van der Waals surface area contributed by atoms with Crippen LogP contribution in [0.5, 0.6) is 11.5 Å². The van der Waals surface area contributed by atoms with Crippen LogP contribution in [0.4, 0.5) is 4.39 Å². The van der Waals surface area contributed by atoms with Crippen LogP contribution in [-0.4, -0.2) is 24.3 Å². The van der Waals surface area contributed by atoms with E-state index in [4.69, 9.17) is 30.8 Å². The second-order valence-corrected chi connectivity index (χ2v) is 11.2. The number of fused-ring (bicyclic) bond motifs is 1. The van der Waals surface area contributed by atoms with E-state index in [1.165, 1.54) is 35.1 Å². The topological polar surface area (TPSA) is 79.1 Å². The van der Waals surface area contributed by atoms with Crippen molar-refractivity contribution in [1.82, 2.24) is 4.57 Å². The highest BCUT2D eigenvalue weighted by molar-refractivity contribution is 7.07. The number of esters is 1. The minimum Gasteiger partial charge on any atom is -0.496 e. The molecule has 0 unspecified atom stereocenters. The molecule has 222 valence electrons. The SMILES string of the molecule is CCCC1=C(C(=O)OCC)[C@H](c2cc(Cl)ccc2OC)n2c(s/c(=C/c3ccc(OCc4ccc(F)cc4)cc3)c2=O)=N1. The summed E-state index contributed by atoms with van der Waals surface area (Å²) in [5, 5.41) is 0.442. The van der Waals surface area contributed by atoms with Crippen LogP contribution in [0, 0.1) is 5.82 Å². The summed E-state index contributed by atoms with van der Waals surface area (Å²) >= 11 is 7.66. The van der Waals surface area contributed by atoms with E-state index in [9.17, 15) is 14.0 Å². The Balaban J connectivity index is 1.57. The molecule has 3 aromatic carbocycles. The third kappa shape index (κ3) is 6.58. The smallest absolute Gasteiger partial charge is 0.338 e.